The number of guanidine groups is 1. The van der Waals surface area contributed by atoms with Gasteiger partial charge in [-0.25, -0.2) is 12.7 Å². The summed E-state index contributed by atoms with van der Waals surface area (Å²) >= 11 is 1.79. The predicted octanol–water partition coefficient (Wildman–Crippen LogP) is 0.795. The van der Waals surface area contributed by atoms with Crippen LogP contribution >= 0.6 is 35.7 Å². The Bertz CT molecular complexity index is 616. The first-order chi connectivity index (χ1) is 12.8. The van der Waals surface area contributed by atoms with Crippen molar-refractivity contribution in [2.45, 2.75) is 32.7 Å². The van der Waals surface area contributed by atoms with Crippen molar-refractivity contribution in [1.82, 2.24) is 19.8 Å². The van der Waals surface area contributed by atoms with E-state index < -0.39 is 10.0 Å². The SMILES string of the molecule is CN=C(NCCS(=O)(=O)N1CCSCC1)NC1CCN(C(=O)C(C)C)CC1.I. The van der Waals surface area contributed by atoms with E-state index in [4.69, 9.17) is 0 Å². The van der Waals surface area contributed by atoms with Crippen molar-refractivity contribution in [1.29, 1.82) is 0 Å². The van der Waals surface area contributed by atoms with Crippen LogP contribution in [0, 0.1) is 5.92 Å². The van der Waals surface area contributed by atoms with Crippen LogP contribution in [0.15, 0.2) is 4.99 Å². The first kappa shape index (κ1) is 25.8. The second-order valence-electron chi connectivity index (χ2n) is 7.23. The Kier molecular flexibility index (Phi) is 11.4. The van der Waals surface area contributed by atoms with E-state index in [1.807, 2.05) is 18.7 Å². The summed E-state index contributed by atoms with van der Waals surface area (Å²) in [5.74, 6) is 2.66. The van der Waals surface area contributed by atoms with Crippen molar-refractivity contribution in [3.05, 3.63) is 0 Å². The average Bonchev–Trinajstić information content (AvgIpc) is 2.67. The lowest BCUT2D eigenvalue weighted by Gasteiger charge is -2.34. The Morgan fingerprint density at radius 2 is 1.79 bits per heavy atom. The Morgan fingerprint density at radius 1 is 1.18 bits per heavy atom. The van der Waals surface area contributed by atoms with Gasteiger partial charge in [0.1, 0.15) is 0 Å². The number of sulfonamides is 1. The van der Waals surface area contributed by atoms with E-state index >= 15 is 0 Å². The van der Waals surface area contributed by atoms with Crippen molar-refractivity contribution in [2.75, 3.05) is 57.0 Å². The van der Waals surface area contributed by atoms with Gasteiger partial charge in [-0.05, 0) is 12.8 Å². The summed E-state index contributed by atoms with van der Waals surface area (Å²) in [5.41, 5.74) is 0. The number of hydrogen-bond donors (Lipinski definition) is 2. The second kappa shape index (κ2) is 12.4. The summed E-state index contributed by atoms with van der Waals surface area (Å²) < 4.78 is 26.3. The predicted molar refractivity (Wildman–Crippen MR) is 127 cm³/mol. The van der Waals surface area contributed by atoms with Crippen LogP contribution < -0.4 is 10.6 Å². The average molecular weight is 548 g/mol. The summed E-state index contributed by atoms with van der Waals surface area (Å²) in [6, 6.07) is 0.239. The van der Waals surface area contributed by atoms with E-state index in [0.29, 0.717) is 25.6 Å². The van der Waals surface area contributed by atoms with Crippen LogP contribution in [0.4, 0.5) is 0 Å². The lowest BCUT2D eigenvalue weighted by Crippen LogP contribution is -2.51. The third kappa shape index (κ3) is 7.86. The maximum absolute atomic E-state index is 12.4. The molecule has 2 aliphatic rings. The first-order valence-electron chi connectivity index (χ1n) is 9.65. The van der Waals surface area contributed by atoms with Gasteiger partial charge in [-0.3, -0.25) is 9.79 Å². The largest absolute Gasteiger partial charge is 0.355 e. The molecule has 164 valence electrons. The third-order valence-corrected chi connectivity index (χ3v) is 7.70. The number of nitrogens with zero attached hydrogens (tertiary/aromatic N) is 3. The lowest BCUT2D eigenvalue weighted by molar-refractivity contribution is -0.135. The van der Waals surface area contributed by atoms with Gasteiger partial charge in [-0.1, -0.05) is 13.8 Å². The number of aliphatic imine (C=N–C) groups is 1. The fraction of sp³-hybridized carbons (Fsp3) is 0.882. The molecule has 0 atom stereocenters. The summed E-state index contributed by atoms with van der Waals surface area (Å²) in [4.78, 5) is 18.2. The number of rotatable bonds is 6. The van der Waals surface area contributed by atoms with Gasteiger partial charge in [-0.15, -0.1) is 24.0 Å². The minimum atomic E-state index is -3.21. The molecule has 11 heteroatoms. The number of halogens is 1. The van der Waals surface area contributed by atoms with E-state index in [-0.39, 0.29) is 47.6 Å². The first-order valence-corrected chi connectivity index (χ1v) is 12.4. The zero-order chi connectivity index (χ0) is 19.9. The maximum Gasteiger partial charge on any atom is 0.225 e. The van der Waals surface area contributed by atoms with Gasteiger partial charge < -0.3 is 15.5 Å². The standard InChI is InChI=1S/C17H33N5O3S2.HI/c1-14(2)16(23)21-7-4-15(5-8-21)20-17(18-3)19-6-13-27(24,25)22-9-11-26-12-10-22;/h14-15H,4-13H2,1-3H3,(H2,18,19,20);1H. The molecule has 0 saturated carbocycles. The van der Waals surface area contributed by atoms with Crippen LogP contribution in [-0.2, 0) is 14.8 Å². The van der Waals surface area contributed by atoms with Crippen molar-refractivity contribution in [3.8, 4) is 0 Å². The highest BCUT2D eigenvalue weighted by Gasteiger charge is 2.26. The molecule has 1 amide bonds. The highest BCUT2D eigenvalue weighted by molar-refractivity contribution is 14.0. The van der Waals surface area contributed by atoms with E-state index in [1.165, 1.54) is 0 Å². The minimum Gasteiger partial charge on any atom is -0.355 e. The van der Waals surface area contributed by atoms with E-state index in [9.17, 15) is 13.2 Å². The van der Waals surface area contributed by atoms with Crippen molar-refractivity contribution in [3.63, 3.8) is 0 Å². The molecule has 2 heterocycles. The molecule has 0 radical (unpaired) electrons. The van der Waals surface area contributed by atoms with Gasteiger partial charge in [0.15, 0.2) is 5.96 Å². The molecule has 0 aliphatic carbocycles. The zero-order valence-electron chi connectivity index (χ0n) is 17.0. The van der Waals surface area contributed by atoms with Gasteiger partial charge >= 0.3 is 0 Å². The van der Waals surface area contributed by atoms with Crippen LogP contribution in [0.1, 0.15) is 26.7 Å². The third-order valence-electron chi connectivity index (χ3n) is 4.88. The van der Waals surface area contributed by atoms with E-state index in [1.54, 1.807) is 23.1 Å². The lowest BCUT2D eigenvalue weighted by atomic mass is 10.0. The molecule has 0 spiro atoms. The Morgan fingerprint density at radius 3 is 2.32 bits per heavy atom. The van der Waals surface area contributed by atoms with Gasteiger partial charge in [0.2, 0.25) is 15.9 Å². The molecular weight excluding hydrogens is 513 g/mol. The van der Waals surface area contributed by atoms with E-state index in [2.05, 4.69) is 15.6 Å². The number of carbonyl (C=O) groups excluding carboxylic acids is 1. The number of amides is 1. The second-order valence-corrected chi connectivity index (χ2v) is 10.5. The highest BCUT2D eigenvalue weighted by atomic mass is 127. The van der Waals surface area contributed by atoms with Crippen LogP contribution in [0.25, 0.3) is 0 Å². The molecule has 2 fully saturated rings. The normalized spacial score (nSPS) is 20.0. The Labute approximate surface area is 190 Å². The fourth-order valence-corrected chi connectivity index (χ4v) is 5.74. The Hall–Kier alpha value is -0.270. The van der Waals surface area contributed by atoms with E-state index in [0.717, 1.165) is 37.4 Å². The number of thioether (sulfide) groups is 1. The molecule has 0 unspecified atom stereocenters. The molecule has 28 heavy (non-hydrogen) atoms. The monoisotopic (exact) mass is 547 g/mol. The van der Waals surface area contributed by atoms with Gasteiger partial charge in [0.25, 0.3) is 0 Å². The Balaban J connectivity index is 0.00000392. The summed E-state index contributed by atoms with van der Waals surface area (Å²) in [6.07, 6.45) is 1.73. The van der Waals surface area contributed by atoms with Crippen LogP contribution in [-0.4, -0.2) is 92.6 Å². The molecule has 0 aromatic rings. The number of hydrogen-bond acceptors (Lipinski definition) is 5. The summed E-state index contributed by atoms with van der Waals surface area (Å²) in [5, 5.41) is 6.46. The van der Waals surface area contributed by atoms with Crippen LogP contribution in [0.5, 0.6) is 0 Å². The molecule has 2 saturated heterocycles. The molecule has 0 bridgehead atoms. The maximum atomic E-state index is 12.4. The smallest absolute Gasteiger partial charge is 0.225 e. The van der Waals surface area contributed by atoms with Crippen molar-refractivity contribution < 1.29 is 13.2 Å². The number of piperidine rings is 1. The van der Waals surface area contributed by atoms with Crippen LogP contribution in [0.2, 0.25) is 0 Å². The number of nitrogens with one attached hydrogen (secondary N) is 2. The van der Waals surface area contributed by atoms with Gasteiger partial charge in [0.05, 0.1) is 5.75 Å². The zero-order valence-corrected chi connectivity index (χ0v) is 21.0. The minimum absolute atomic E-state index is 0. The molecular formula is C17H34IN5O3S2. The molecule has 0 aromatic heterocycles. The molecule has 2 aliphatic heterocycles. The molecule has 8 nitrogen and oxygen atoms in total. The highest BCUT2D eigenvalue weighted by Crippen LogP contribution is 2.14. The quantitative estimate of drug-likeness (QED) is 0.290. The fourth-order valence-electron chi connectivity index (χ4n) is 3.25. The van der Waals surface area contributed by atoms with Crippen LogP contribution in [0.3, 0.4) is 0 Å². The number of likely N-dealkylation sites (tertiary alicyclic amines) is 1. The molecule has 0 aromatic carbocycles. The van der Waals surface area contributed by atoms with Crippen molar-refractivity contribution >= 4 is 57.6 Å². The topological polar surface area (TPSA) is 94.1 Å². The molecule has 2 N–H and O–H groups in total. The van der Waals surface area contributed by atoms with Gasteiger partial charge in [0, 0.05) is 63.2 Å². The van der Waals surface area contributed by atoms with Crippen molar-refractivity contribution in [2.24, 2.45) is 10.9 Å². The summed E-state index contributed by atoms with van der Waals surface area (Å²) in [7, 11) is -1.53. The molecule has 2 rings (SSSR count). The van der Waals surface area contributed by atoms with Gasteiger partial charge in [-0.2, -0.15) is 11.8 Å². The summed E-state index contributed by atoms with van der Waals surface area (Å²) in [6.45, 7) is 6.88. The number of carbonyl (C=O) groups is 1.